The van der Waals surface area contributed by atoms with Gasteiger partial charge in [-0.3, -0.25) is 9.69 Å². The van der Waals surface area contributed by atoms with Crippen molar-refractivity contribution in [2.45, 2.75) is 6.54 Å². The summed E-state index contributed by atoms with van der Waals surface area (Å²) in [5.74, 6) is 2.34. The first kappa shape index (κ1) is 14.1. The number of benzene rings is 2. The van der Waals surface area contributed by atoms with Crippen LogP contribution in [-0.2, 0) is 11.3 Å². The lowest BCUT2D eigenvalue weighted by atomic mass is 10.1. The summed E-state index contributed by atoms with van der Waals surface area (Å²) >= 11 is 0. The molecule has 0 aliphatic carbocycles. The van der Waals surface area contributed by atoms with Crippen LogP contribution in [0.1, 0.15) is 5.56 Å². The van der Waals surface area contributed by atoms with Gasteiger partial charge in [0.2, 0.25) is 5.91 Å². The molecule has 3 heteroatoms. The van der Waals surface area contributed by atoms with Crippen molar-refractivity contribution in [3.63, 3.8) is 0 Å². The first-order chi connectivity index (χ1) is 9.69. The van der Waals surface area contributed by atoms with Crippen molar-refractivity contribution in [1.29, 1.82) is 0 Å². The Morgan fingerprint density at radius 2 is 2.00 bits per heavy atom. The maximum atomic E-state index is 11.6. The molecule has 0 spiro atoms. The molecule has 0 unspecified atom stereocenters. The summed E-state index contributed by atoms with van der Waals surface area (Å²) in [7, 11) is 1.92. The Labute approximate surface area is 119 Å². The minimum atomic E-state index is -0.0498. The molecule has 0 fully saturated rings. The molecule has 20 heavy (non-hydrogen) atoms. The fourth-order valence-electron chi connectivity index (χ4n) is 2.16. The average molecular weight is 266 g/mol. The standard InChI is InChI=1S/C17H18N2O/c1-3-10-18-17(20)13-19(2)12-14-8-9-15-6-4-5-7-16(15)11-14/h1,4-9,11H,10,12-13H2,2H3,(H,18,20). The van der Waals surface area contributed by atoms with Crippen molar-refractivity contribution in [3.8, 4) is 12.3 Å². The molecule has 0 aliphatic rings. The van der Waals surface area contributed by atoms with Crippen LogP contribution in [0.2, 0.25) is 0 Å². The molecule has 3 nitrogen and oxygen atoms in total. The van der Waals surface area contributed by atoms with Crippen LogP contribution in [-0.4, -0.2) is 30.9 Å². The van der Waals surface area contributed by atoms with E-state index < -0.39 is 0 Å². The number of fused-ring (bicyclic) bond motifs is 1. The number of carbonyl (C=O) groups is 1. The molecule has 0 saturated carbocycles. The highest BCUT2D eigenvalue weighted by molar-refractivity contribution is 5.83. The monoisotopic (exact) mass is 266 g/mol. The van der Waals surface area contributed by atoms with Crippen LogP contribution in [0, 0.1) is 12.3 Å². The summed E-state index contributed by atoms with van der Waals surface area (Å²) in [5.41, 5.74) is 1.19. The summed E-state index contributed by atoms with van der Waals surface area (Å²) in [6.07, 6.45) is 5.11. The van der Waals surface area contributed by atoms with Gasteiger partial charge < -0.3 is 5.32 Å². The van der Waals surface area contributed by atoms with Gasteiger partial charge in [0.05, 0.1) is 13.1 Å². The van der Waals surface area contributed by atoms with Gasteiger partial charge in [0.15, 0.2) is 0 Å². The van der Waals surface area contributed by atoms with Crippen molar-refractivity contribution in [2.75, 3.05) is 20.1 Å². The number of likely N-dealkylation sites (N-methyl/N-ethyl adjacent to an activating group) is 1. The molecule has 2 aromatic carbocycles. The second kappa shape index (κ2) is 6.74. The number of hydrogen-bond donors (Lipinski definition) is 1. The van der Waals surface area contributed by atoms with Gasteiger partial charge in [0, 0.05) is 6.54 Å². The van der Waals surface area contributed by atoms with Crippen molar-refractivity contribution in [3.05, 3.63) is 48.0 Å². The first-order valence-corrected chi connectivity index (χ1v) is 6.55. The van der Waals surface area contributed by atoms with Crippen LogP contribution in [0.4, 0.5) is 0 Å². The van der Waals surface area contributed by atoms with Gasteiger partial charge in [-0.05, 0) is 29.4 Å². The number of rotatable bonds is 5. The van der Waals surface area contributed by atoms with Crippen LogP contribution in [0.15, 0.2) is 42.5 Å². The minimum absolute atomic E-state index is 0.0498. The molecule has 0 bridgehead atoms. The van der Waals surface area contributed by atoms with Crippen LogP contribution < -0.4 is 5.32 Å². The summed E-state index contributed by atoms with van der Waals surface area (Å²) in [4.78, 5) is 13.5. The van der Waals surface area contributed by atoms with E-state index in [4.69, 9.17) is 6.42 Å². The van der Waals surface area contributed by atoms with Crippen molar-refractivity contribution < 1.29 is 4.79 Å². The van der Waals surface area contributed by atoms with Gasteiger partial charge in [-0.25, -0.2) is 0 Å². The van der Waals surface area contributed by atoms with Gasteiger partial charge in [-0.1, -0.05) is 42.3 Å². The van der Waals surface area contributed by atoms with E-state index in [1.165, 1.54) is 16.3 Å². The number of nitrogens with zero attached hydrogens (tertiary/aromatic N) is 1. The Hall–Kier alpha value is -2.31. The van der Waals surface area contributed by atoms with E-state index in [9.17, 15) is 4.79 Å². The Bertz CT molecular complexity index is 643. The Morgan fingerprint density at radius 3 is 2.75 bits per heavy atom. The molecule has 1 amide bonds. The fraction of sp³-hybridized carbons (Fsp3) is 0.235. The fourth-order valence-corrected chi connectivity index (χ4v) is 2.16. The second-order valence-electron chi connectivity index (χ2n) is 4.83. The number of nitrogens with one attached hydrogen (secondary N) is 1. The van der Waals surface area contributed by atoms with Crippen LogP contribution in [0.3, 0.4) is 0 Å². The van der Waals surface area contributed by atoms with E-state index in [1.54, 1.807) is 0 Å². The number of amides is 1. The number of terminal acetylenes is 1. The molecule has 0 atom stereocenters. The average Bonchev–Trinajstić information content (AvgIpc) is 2.44. The van der Waals surface area contributed by atoms with Gasteiger partial charge in [0.25, 0.3) is 0 Å². The smallest absolute Gasteiger partial charge is 0.234 e. The maximum Gasteiger partial charge on any atom is 0.234 e. The molecular formula is C17H18N2O. The molecule has 102 valence electrons. The molecule has 0 aliphatic heterocycles. The lowest BCUT2D eigenvalue weighted by Gasteiger charge is -2.16. The van der Waals surface area contributed by atoms with E-state index in [0.29, 0.717) is 6.54 Å². The summed E-state index contributed by atoms with van der Waals surface area (Å²) < 4.78 is 0. The van der Waals surface area contributed by atoms with Gasteiger partial charge in [0.1, 0.15) is 0 Å². The Balaban J connectivity index is 1.97. The van der Waals surface area contributed by atoms with Gasteiger partial charge >= 0.3 is 0 Å². The Morgan fingerprint density at radius 1 is 1.25 bits per heavy atom. The van der Waals surface area contributed by atoms with Gasteiger partial charge in [-0.2, -0.15) is 0 Å². The van der Waals surface area contributed by atoms with Gasteiger partial charge in [-0.15, -0.1) is 6.42 Å². The predicted molar refractivity (Wildman–Crippen MR) is 82.1 cm³/mol. The van der Waals surface area contributed by atoms with E-state index >= 15 is 0 Å². The molecule has 2 aromatic rings. The highest BCUT2D eigenvalue weighted by atomic mass is 16.1. The molecule has 0 heterocycles. The molecule has 2 rings (SSSR count). The lowest BCUT2D eigenvalue weighted by molar-refractivity contribution is -0.121. The topological polar surface area (TPSA) is 32.3 Å². The molecule has 0 aromatic heterocycles. The van der Waals surface area contributed by atoms with Crippen molar-refractivity contribution >= 4 is 16.7 Å². The zero-order valence-electron chi connectivity index (χ0n) is 11.6. The lowest BCUT2D eigenvalue weighted by Crippen LogP contribution is -2.34. The quantitative estimate of drug-likeness (QED) is 0.840. The predicted octanol–water partition coefficient (Wildman–Crippen LogP) is 2.02. The van der Waals surface area contributed by atoms with E-state index in [2.05, 4.69) is 41.6 Å². The largest absolute Gasteiger partial charge is 0.344 e. The molecule has 1 N–H and O–H groups in total. The highest BCUT2D eigenvalue weighted by Crippen LogP contribution is 2.16. The van der Waals surface area contributed by atoms with Crippen LogP contribution >= 0.6 is 0 Å². The zero-order valence-corrected chi connectivity index (χ0v) is 11.6. The molecular weight excluding hydrogens is 248 g/mol. The zero-order chi connectivity index (χ0) is 14.4. The third kappa shape index (κ3) is 3.84. The summed E-state index contributed by atoms with van der Waals surface area (Å²) in [6.45, 7) is 1.35. The number of carbonyl (C=O) groups excluding carboxylic acids is 1. The highest BCUT2D eigenvalue weighted by Gasteiger charge is 2.06. The second-order valence-corrected chi connectivity index (χ2v) is 4.83. The SMILES string of the molecule is C#CCNC(=O)CN(C)Cc1ccc2ccccc2c1. The normalized spacial score (nSPS) is 10.4. The van der Waals surface area contributed by atoms with E-state index in [1.807, 2.05) is 24.1 Å². The first-order valence-electron chi connectivity index (χ1n) is 6.55. The third-order valence-corrected chi connectivity index (χ3v) is 3.07. The maximum absolute atomic E-state index is 11.6. The minimum Gasteiger partial charge on any atom is -0.344 e. The third-order valence-electron chi connectivity index (χ3n) is 3.07. The van der Waals surface area contributed by atoms with Crippen molar-refractivity contribution in [1.82, 2.24) is 10.2 Å². The van der Waals surface area contributed by atoms with Crippen molar-refractivity contribution in [2.24, 2.45) is 0 Å². The van der Waals surface area contributed by atoms with Crippen LogP contribution in [0.25, 0.3) is 10.8 Å². The summed E-state index contributed by atoms with van der Waals surface area (Å²) in [6, 6.07) is 14.6. The molecule has 0 saturated heterocycles. The van der Waals surface area contributed by atoms with E-state index in [-0.39, 0.29) is 12.5 Å². The molecule has 0 radical (unpaired) electrons. The van der Waals surface area contributed by atoms with Crippen LogP contribution in [0.5, 0.6) is 0 Å². The Kier molecular flexibility index (Phi) is 4.75. The van der Waals surface area contributed by atoms with E-state index in [0.717, 1.165) is 6.54 Å². The summed E-state index contributed by atoms with van der Waals surface area (Å²) in [5, 5.41) is 5.11. The number of hydrogen-bond acceptors (Lipinski definition) is 2.